The molecule has 27 heavy (non-hydrogen) atoms. The number of aromatic nitrogens is 2. The van der Waals surface area contributed by atoms with Crippen LogP contribution in [0.5, 0.6) is 0 Å². The van der Waals surface area contributed by atoms with Crippen molar-refractivity contribution < 1.29 is 4.79 Å². The largest absolute Gasteiger partial charge is 0.347 e. The second kappa shape index (κ2) is 8.45. The first-order valence-corrected chi connectivity index (χ1v) is 9.09. The lowest BCUT2D eigenvalue weighted by Gasteiger charge is -2.11. The molecule has 0 saturated carbocycles. The van der Waals surface area contributed by atoms with Gasteiger partial charge in [0.25, 0.3) is 5.91 Å². The molecule has 1 amide bonds. The quantitative estimate of drug-likeness (QED) is 0.687. The molecule has 5 heteroatoms. The Balaban J connectivity index is 1.75. The van der Waals surface area contributed by atoms with E-state index in [4.69, 9.17) is 0 Å². The number of aryl methyl sites for hydroxylation is 3. The summed E-state index contributed by atoms with van der Waals surface area (Å²) in [5.74, 6) is 0.213. The monoisotopic (exact) mass is 360 g/mol. The van der Waals surface area contributed by atoms with Gasteiger partial charge < -0.3 is 10.6 Å². The van der Waals surface area contributed by atoms with Crippen LogP contribution in [0, 0.1) is 13.8 Å². The Morgan fingerprint density at radius 3 is 2.59 bits per heavy atom. The van der Waals surface area contributed by atoms with Gasteiger partial charge in [-0.1, -0.05) is 55.0 Å². The lowest BCUT2D eigenvalue weighted by molar-refractivity contribution is 0.0945. The van der Waals surface area contributed by atoms with E-state index in [9.17, 15) is 4.79 Å². The van der Waals surface area contributed by atoms with E-state index in [0.717, 1.165) is 23.4 Å². The zero-order valence-corrected chi connectivity index (χ0v) is 15.9. The Hall–Kier alpha value is -3.21. The van der Waals surface area contributed by atoms with Crippen molar-refractivity contribution in [2.75, 3.05) is 5.32 Å². The van der Waals surface area contributed by atoms with Crippen LogP contribution in [0.2, 0.25) is 0 Å². The first kappa shape index (κ1) is 18.6. The normalized spacial score (nSPS) is 10.5. The Kier molecular flexibility index (Phi) is 5.81. The molecule has 2 N–H and O–H groups in total. The Bertz CT molecular complexity index is 953. The molecule has 0 saturated heterocycles. The van der Waals surface area contributed by atoms with E-state index in [2.05, 4.69) is 39.7 Å². The average Bonchev–Trinajstić information content (AvgIpc) is 2.66. The molecule has 0 bridgehead atoms. The van der Waals surface area contributed by atoms with E-state index in [1.54, 1.807) is 6.07 Å². The highest BCUT2D eigenvalue weighted by molar-refractivity contribution is 5.92. The number of benzene rings is 2. The van der Waals surface area contributed by atoms with Crippen molar-refractivity contribution >= 4 is 17.5 Å². The Morgan fingerprint density at radius 2 is 1.81 bits per heavy atom. The topological polar surface area (TPSA) is 66.9 Å². The van der Waals surface area contributed by atoms with E-state index in [-0.39, 0.29) is 5.91 Å². The zero-order chi connectivity index (χ0) is 19.2. The highest BCUT2D eigenvalue weighted by atomic mass is 16.1. The lowest BCUT2D eigenvalue weighted by atomic mass is 10.1. The van der Waals surface area contributed by atoms with E-state index < -0.39 is 0 Å². The summed E-state index contributed by atoms with van der Waals surface area (Å²) >= 11 is 0. The number of nitrogens with zero attached hydrogens (tertiary/aromatic N) is 2. The first-order valence-electron chi connectivity index (χ1n) is 9.09. The highest BCUT2D eigenvalue weighted by Gasteiger charge is 2.11. The van der Waals surface area contributed by atoms with Gasteiger partial charge in [-0.3, -0.25) is 4.79 Å². The van der Waals surface area contributed by atoms with Crippen LogP contribution in [0.25, 0.3) is 0 Å². The number of hydrogen-bond donors (Lipinski definition) is 2. The van der Waals surface area contributed by atoms with E-state index in [1.807, 2.05) is 50.2 Å². The molecule has 138 valence electrons. The first-order chi connectivity index (χ1) is 13.0. The minimum absolute atomic E-state index is 0.214. The fourth-order valence-corrected chi connectivity index (χ4v) is 2.91. The molecule has 5 nitrogen and oxygen atoms in total. The second-order valence-electron chi connectivity index (χ2n) is 6.53. The van der Waals surface area contributed by atoms with Crippen LogP contribution >= 0.6 is 0 Å². The maximum Gasteiger partial charge on any atom is 0.270 e. The van der Waals surface area contributed by atoms with Crippen molar-refractivity contribution in [3.8, 4) is 0 Å². The van der Waals surface area contributed by atoms with Crippen molar-refractivity contribution in [2.45, 2.75) is 33.7 Å². The van der Waals surface area contributed by atoms with Gasteiger partial charge in [-0.25, -0.2) is 9.97 Å². The summed E-state index contributed by atoms with van der Waals surface area (Å²) in [5, 5.41) is 6.16. The van der Waals surface area contributed by atoms with Gasteiger partial charge in [0.05, 0.1) is 0 Å². The van der Waals surface area contributed by atoms with Crippen LogP contribution in [0.15, 0.2) is 54.6 Å². The minimum Gasteiger partial charge on any atom is -0.347 e. The fraction of sp³-hybridized carbons (Fsp3) is 0.227. The van der Waals surface area contributed by atoms with Gasteiger partial charge in [0.2, 0.25) is 5.95 Å². The van der Waals surface area contributed by atoms with Gasteiger partial charge in [-0.05, 0) is 43.5 Å². The molecule has 2 aromatic carbocycles. The lowest BCUT2D eigenvalue weighted by Crippen LogP contribution is -2.24. The molecule has 0 spiro atoms. The number of para-hydroxylation sites is 1. The number of rotatable bonds is 6. The summed E-state index contributed by atoms with van der Waals surface area (Å²) in [7, 11) is 0. The summed E-state index contributed by atoms with van der Waals surface area (Å²) in [6.45, 7) is 6.45. The average molecular weight is 360 g/mol. The van der Waals surface area contributed by atoms with Crippen LogP contribution < -0.4 is 10.6 Å². The van der Waals surface area contributed by atoms with Crippen LogP contribution in [0.1, 0.15) is 39.8 Å². The molecule has 0 aliphatic rings. The number of carbonyl (C=O) groups excluding carboxylic acids is 1. The van der Waals surface area contributed by atoms with Crippen LogP contribution in [-0.4, -0.2) is 15.9 Å². The Morgan fingerprint density at radius 1 is 1.00 bits per heavy atom. The van der Waals surface area contributed by atoms with Crippen molar-refractivity contribution in [1.82, 2.24) is 15.3 Å². The predicted octanol–water partition coefficient (Wildman–Crippen LogP) is 4.33. The van der Waals surface area contributed by atoms with Crippen LogP contribution in [0.3, 0.4) is 0 Å². The molecule has 0 fully saturated rings. The third-order valence-corrected chi connectivity index (χ3v) is 4.27. The molecule has 1 aromatic heterocycles. The molecule has 0 aliphatic heterocycles. The third-order valence-electron chi connectivity index (χ3n) is 4.27. The van der Waals surface area contributed by atoms with E-state index in [1.165, 1.54) is 11.1 Å². The Labute approximate surface area is 159 Å². The molecular formula is C22H24N4O. The fourth-order valence-electron chi connectivity index (χ4n) is 2.91. The number of hydrogen-bond acceptors (Lipinski definition) is 4. The molecule has 3 aromatic rings. The second-order valence-corrected chi connectivity index (χ2v) is 6.53. The molecule has 0 aliphatic carbocycles. The van der Waals surface area contributed by atoms with Gasteiger partial charge in [0, 0.05) is 17.9 Å². The van der Waals surface area contributed by atoms with Crippen molar-refractivity contribution in [2.24, 2.45) is 0 Å². The maximum atomic E-state index is 12.6. The molecular weight excluding hydrogens is 336 g/mol. The summed E-state index contributed by atoms with van der Waals surface area (Å²) < 4.78 is 0. The van der Waals surface area contributed by atoms with Gasteiger partial charge >= 0.3 is 0 Å². The molecule has 0 unspecified atom stereocenters. The van der Waals surface area contributed by atoms with E-state index >= 15 is 0 Å². The number of amides is 1. The van der Waals surface area contributed by atoms with Crippen LogP contribution in [-0.2, 0) is 13.0 Å². The molecule has 0 atom stereocenters. The minimum atomic E-state index is -0.214. The smallest absolute Gasteiger partial charge is 0.270 e. The summed E-state index contributed by atoms with van der Waals surface area (Å²) in [5.41, 5.74) is 5.45. The summed E-state index contributed by atoms with van der Waals surface area (Å²) in [6.07, 6.45) is 0.902. The zero-order valence-electron chi connectivity index (χ0n) is 15.9. The van der Waals surface area contributed by atoms with Crippen molar-refractivity contribution in [3.63, 3.8) is 0 Å². The molecule has 1 heterocycles. The summed E-state index contributed by atoms with van der Waals surface area (Å²) in [6, 6.07) is 17.8. The van der Waals surface area contributed by atoms with Gasteiger partial charge in [-0.15, -0.1) is 0 Å². The number of carbonyl (C=O) groups is 1. The SMILES string of the molecule is CCc1ccccc1Nc1nc(C)cc(C(=O)NCc2cccc(C)c2)n1. The third kappa shape index (κ3) is 4.91. The van der Waals surface area contributed by atoms with Gasteiger partial charge in [-0.2, -0.15) is 0 Å². The standard InChI is InChI=1S/C22H24N4O/c1-4-18-10-5-6-11-19(18)25-22-24-16(3)13-20(26-22)21(27)23-14-17-9-7-8-15(2)12-17/h5-13H,4,14H2,1-3H3,(H,23,27)(H,24,25,26). The van der Waals surface area contributed by atoms with Crippen molar-refractivity contribution in [3.05, 3.63) is 82.7 Å². The number of anilines is 2. The van der Waals surface area contributed by atoms with E-state index in [0.29, 0.717) is 18.2 Å². The maximum absolute atomic E-state index is 12.6. The number of nitrogens with one attached hydrogen (secondary N) is 2. The van der Waals surface area contributed by atoms with Gasteiger partial charge in [0.15, 0.2) is 0 Å². The highest BCUT2D eigenvalue weighted by Crippen LogP contribution is 2.19. The predicted molar refractivity (Wildman–Crippen MR) is 108 cm³/mol. The molecule has 0 radical (unpaired) electrons. The van der Waals surface area contributed by atoms with Crippen molar-refractivity contribution in [1.29, 1.82) is 0 Å². The molecule has 3 rings (SSSR count). The summed E-state index contributed by atoms with van der Waals surface area (Å²) in [4.78, 5) is 21.4. The van der Waals surface area contributed by atoms with Crippen LogP contribution in [0.4, 0.5) is 11.6 Å². The van der Waals surface area contributed by atoms with Gasteiger partial charge in [0.1, 0.15) is 5.69 Å².